The highest BCUT2D eigenvalue weighted by molar-refractivity contribution is 6.30. The highest BCUT2D eigenvalue weighted by Gasteiger charge is 2.35. The average Bonchev–Trinajstić information content (AvgIpc) is 3.05. The molecule has 1 atom stereocenters. The Morgan fingerprint density at radius 2 is 1.83 bits per heavy atom. The fourth-order valence-electron chi connectivity index (χ4n) is 3.33. The standard InChI is InChI=1S/C16H20ClN3O3/c17-13-1-2-14(18-9-13)19-6-3-11(4-7-19)15(21)20-8-5-12(10-20)16(22)23/h1-2,9,11-12H,3-8,10H2,(H,22,23)/t12-/m0/s1. The zero-order chi connectivity index (χ0) is 16.4. The molecule has 23 heavy (non-hydrogen) atoms. The third kappa shape index (κ3) is 3.58. The molecule has 0 spiro atoms. The van der Waals surface area contributed by atoms with Gasteiger partial charge in [0.25, 0.3) is 0 Å². The number of halogens is 1. The van der Waals surface area contributed by atoms with Crippen LogP contribution in [0.5, 0.6) is 0 Å². The molecule has 2 fully saturated rings. The molecule has 0 bridgehead atoms. The van der Waals surface area contributed by atoms with Crippen LogP contribution in [0.15, 0.2) is 18.3 Å². The number of rotatable bonds is 3. The number of anilines is 1. The van der Waals surface area contributed by atoms with Crippen LogP contribution in [0.2, 0.25) is 5.02 Å². The van der Waals surface area contributed by atoms with Gasteiger partial charge in [-0.05, 0) is 31.4 Å². The Morgan fingerprint density at radius 1 is 1.13 bits per heavy atom. The summed E-state index contributed by atoms with van der Waals surface area (Å²) in [6, 6.07) is 3.71. The molecule has 2 aliphatic rings. The minimum absolute atomic E-state index is 0.00825. The predicted molar refractivity (Wildman–Crippen MR) is 86.5 cm³/mol. The molecule has 1 aromatic rings. The highest BCUT2D eigenvalue weighted by atomic mass is 35.5. The first kappa shape index (κ1) is 16.1. The van der Waals surface area contributed by atoms with Crippen molar-refractivity contribution in [3.63, 3.8) is 0 Å². The highest BCUT2D eigenvalue weighted by Crippen LogP contribution is 2.26. The third-order valence-corrected chi connectivity index (χ3v) is 4.95. The van der Waals surface area contributed by atoms with E-state index in [1.807, 2.05) is 12.1 Å². The van der Waals surface area contributed by atoms with E-state index in [1.54, 1.807) is 11.1 Å². The second kappa shape index (κ2) is 6.74. The van der Waals surface area contributed by atoms with Gasteiger partial charge >= 0.3 is 5.97 Å². The van der Waals surface area contributed by atoms with E-state index in [9.17, 15) is 9.59 Å². The summed E-state index contributed by atoms with van der Waals surface area (Å²) in [7, 11) is 0. The molecular formula is C16H20ClN3O3. The number of carboxylic acids is 1. The molecule has 0 aromatic carbocycles. The molecule has 2 saturated heterocycles. The number of likely N-dealkylation sites (tertiary alicyclic amines) is 1. The molecule has 0 unspecified atom stereocenters. The van der Waals surface area contributed by atoms with Crippen LogP contribution in [0, 0.1) is 11.8 Å². The lowest BCUT2D eigenvalue weighted by molar-refractivity contribution is -0.141. The number of hydrogen-bond donors (Lipinski definition) is 1. The van der Waals surface area contributed by atoms with E-state index >= 15 is 0 Å². The van der Waals surface area contributed by atoms with Gasteiger partial charge in [0.15, 0.2) is 0 Å². The van der Waals surface area contributed by atoms with Crippen molar-refractivity contribution >= 4 is 29.3 Å². The summed E-state index contributed by atoms with van der Waals surface area (Å²) in [5.74, 6) is -0.225. The van der Waals surface area contributed by atoms with Crippen molar-refractivity contribution in [1.82, 2.24) is 9.88 Å². The van der Waals surface area contributed by atoms with Crippen molar-refractivity contribution in [3.8, 4) is 0 Å². The van der Waals surface area contributed by atoms with Crippen molar-refractivity contribution in [2.45, 2.75) is 19.3 Å². The van der Waals surface area contributed by atoms with Gasteiger partial charge in [-0.3, -0.25) is 9.59 Å². The Hall–Kier alpha value is -1.82. The van der Waals surface area contributed by atoms with Crippen molar-refractivity contribution in [2.24, 2.45) is 11.8 Å². The van der Waals surface area contributed by atoms with E-state index in [4.69, 9.17) is 16.7 Å². The Bertz CT molecular complexity index is 585. The van der Waals surface area contributed by atoms with Crippen LogP contribution in [0.3, 0.4) is 0 Å². The molecule has 1 amide bonds. The number of pyridine rings is 1. The van der Waals surface area contributed by atoms with E-state index in [-0.39, 0.29) is 11.8 Å². The number of carbonyl (C=O) groups excluding carboxylic acids is 1. The molecular weight excluding hydrogens is 318 g/mol. The maximum Gasteiger partial charge on any atom is 0.308 e. The molecule has 6 nitrogen and oxygen atoms in total. The Labute approximate surface area is 140 Å². The van der Waals surface area contributed by atoms with E-state index in [2.05, 4.69) is 9.88 Å². The number of carbonyl (C=O) groups is 2. The number of aromatic nitrogens is 1. The quantitative estimate of drug-likeness (QED) is 0.911. The maximum absolute atomic E-state index is 12.5. The summed E-state index contributed by atoms with van der Waals surface area (Å²) in [5.41, 5.74) is 0. The van der Waals surface area contributed by atoms with Crippen LogP contribution in [0.4, 0.5) is 5.82 Å². The van der Waals surface area contributed by atoms with E-state index in [1.165, 1.54) is 0 Å². The second-order valence-corrected chi connectivity index (χ2v) is 6.64. The van der Waals surface area contributed by atoms with Crippen molar-refractivity contribution < 1.29 is 14.7 Å². The number of amides is 1. The fraction of sp³-hybridized carbons (Fsp3) is 0.562. The lowest BCUT2D eigenvalue weighted by atomic mass is 9.95. The molecule has 124 valence electrons. The monoisotopic (exact) mass is 337 g/mol. The summed E-state index contributed by atoms with van der Waals surface area (Å²) < 4.78 is 0. The van der Waals surface area contributed by atoms with Crippen molar-refractivity contribution in [2.75, 3.05) is 31.1 Å². The van der Waals surface area contributed by atoms with Gasteiger partial charge in [0, 0.05) is 38.3 Å². The van der Waals surface area contributed by atoms with Crippen molar-refractivity contribution in [3.05, 3.63) is 23.4 Å². The lowest BCUT2D eigenvalue weighted by Gasteiger charge is -2.33. The van der Waals surface area contributed by atoms with Crippen LogP contribution in [0.25, 0.3) is 0 Å². The third-order valence-electron chi connectivity index (χ3n) is 4.73. The van der Waals surface area contributed by atoms with Crippen molar-refractivity contribution in [1.29, 1.82) is 0 Å². The van der Waals surface area contributed by atoms with E-state index < -0.39 is 11.9 Å². The smallest absolute Gasteiger partial charge is 0.308 e. The number of hydrogen-bond acceptors (Lipinski definition) is 4. The number of aliphatic carboxylic acids is 1. The summed E-state index contributed by atoms with van der Waals surface area (Å²) in [6.45, 7) is 2.48. The van der Waals surface area contributed by atoms with Crippen LogP contribution in [-0.4, -0.2) is 53.0 Å². The molecule has 3 rings (SSSR count). The molecule has 2 aliphatic heterocycles. The first-order chi connectivity index (χ1) is 11.0. The van der Waals surface area contributed by atoms with Crippen LogP contribution in [-0.2, 0) is 9.59 Å². The maximum atomic E-state index is 12.5. The number of piperidine rings is 1. The van der Waals surface area contributed by atoms with Crippen LogP contribution < -0.4 is 4.90 Å². The van der Waals surface area contributed by atoms with Gasteiger partial charge in [0.1, 0.15) is 5.82 Å². The van der Waals surface area contributed by atoms with Crippen LogP contribution >= 0.6 is 11.6 Å². The topological polar surface area (TPSA) is 73.7 Å². The number of carboxylic acid groups (broad SMARTS) is 1. The first-order valence-corrected chi connectivity index (χ1v) is 8.30. The number of nitrogens with zero attached hydrogens (tertiary/aromatic N) is 3. The molecule has 3 heterocycles. The average molecular weight is 338 g/mol. The molecule has 7 heteroatoms. The van der Waals surface area contributed by atoms with Gasteiger partial charge in [-0.2, -0.15) is 0 Å². The fourth-order valence-corrected chi connectivity index (χ4v) is 3.44. The van der Waals surface area contributed by atoms with E-state index in [0.717, 1.165) is 31.7 Å². The van der Waals surface area contributed by atoms with Gasteiger partial charge in [-0.15, -0.1) is 0 Å². The summed E-state index contributed by atoms with van der Waals surface area (Å²) in [5, 5.41) is 9.65. The second-order valence-electron chi connectivity index (χ2n) is 6.20. The molecule has 0 saturated carbocycles. The summed E-state index contributed by atoms with van der Waals surface area (Å²) in [6.07, 6.45) is 3.74. The minimum Gasteiger partial charge on any atom is -0.481 e. The Balaban J connectivity index is 1.53. The molecule has 0 radical (unpaired) electrons. The van der Waals surface area contributed by atoms with Gasteiger partial charge < -0.3 is 14.9 Å². The van der Waals surface area contributed by atoms with Gasteiger partial charge in [-0.25, -0.2) is 4.98 Å². The predicted octanol–water partition coefficient (Wildman–Crippen LogP) is 1.88. The molecule has 1 aromatic heterocycles. The lowest BCUT2D eigenvalue weighted by Crippen LogP contribution is -2.42. The summed E-state index contributed by atoms with van der Waals surface area (Å²) >= 11 is 5.85. The van der Waals surface area contributed by atoms with Crippen LogP contribution in [0.1, 0.15) is 19.3 Å². The molecule has 0 aliphatic carbocycles. The summed E-state index contributed by atoms with van der Waals surface area (Å²) in [4.78, 5) is 31.7. The Morgan fingerprint density at radius 3 is 2.39 bits per heavy atom. The van der Waals surface area contributed by atoms with Gasteiger partial charge in [0.05, 0.1) is 10.9 Å². The normalized spacial score (nSPS) is 22.4. The van der Waals surface area contributed by atoms with E-state index in [0.29, 0.717) is 24.5 Å². The van der Waals surface area contributed by atoms with Gasteiger partial charge in [0.2, 0.25) is 5.91 Å². The zero-order valence-electron chi connectivity index (χ0n) is 12.8. The minimum atomic E-state index is -0.802. The van der Waals surface area contributed by atoms with Gasteiger partial charge in [-0.1, -0.05) is 11.6 Å². The SMILES string of the molecule is O=C(O)[C@H]1CCN(C(=O)C2CCN(c3ccc(Cl)cn3)CC2)C1. The Kier molecular flexibility index (Phi) is 4.71. The zero-order valence-corrected chi connectivity index (χ0v) is 13.6. The molecule has 1 N–H and O–H groups in total. The first-order valence-electron chi connectivity index (χ1n) is 7.92. The largest absolute Gasteiger partial charge is 0.481 e.